The summed E-state index contributed by atoms with van der Waals surface area (Å²) >= 11 is 0. The summed E-state index contributed by atoms with van der Waals surface area (Å²) in [5, 5.41) is 9.28. The predicted octanol–water partition coefficient (Wildman–Crippen LogP) is 1.72. The van der Waals surface area contributed by atoms with E-state index in [2.05, 4.69) is 4.98 Å². The van der Waals surface area contributed by atoms with Crippen LogP contribution in [0.5, 0.6) is 5.75 Å². The number of halogens is 1. The lowest BCUT2D eigenvalue weighted by Crippen LogP contribution is -2.29. The summed E-state index contributed by atoms with van der Waals surface area (Å²) in [4.78, 5) is 29.0. The first-order chi connectivity index (χ1) is 9.58. The highest BCUT2D eigenvalue weighted by atomic mass is 19.1. The summed E-state index contributed by atoms with van der Waals surface area (Å²) in [5.74, 6) is -2.25. The van der Waals surface area contributed by atoms with Crippen molar-refractivity contribution in [3.05, 3.63) is 59.2 Å². The maximum atomic E-state index is 12.9. The maximum absolute atomic E-state index is 12.9. The van der Waals surface area contributed by atoms with Gasteiger partial charge in [0.25, 0.3) is 11.8 Å². The number of pyridine rings is 1. The number of rotatable bonds is 2. The van der Waals surface area contributed by atoms with E-state index in [1.165, 1.54) is 0 Å². The van der Waals surface area contributed by atoms with Crippen LogP contribution in [0.2, 0.25) is 0 Å². The number of amides is 2. The van der Waals surface area contributed by atoms with Crippen molar-refractivity contribution in [1.82, 2.24) is 9.88 Å². The number of imide groups is 1. The van der Waals surface area contributed by atoms with E-state index in [1.807, 2.05) is 0 Å². The summed E-state index contributed by atoms with van der Waals surface area (Å²) in [7, 11) is 0. The van der Waals surface area contributed by atoms with Crippen molar-refractivity contribution < 1.29 is 19.1 Å². The summed E-state index contributed by atoms with van der Waals surface area (Å²) < 4.78 is 12.9. The number of hydrogen-bond donors (Lipinski definition) is 1. The lowest BCUT2D eigenvalue weighted by Gasteiger charge is -2.13. The number of nitrogens with zero attached hydrogens (tertiary/aromatic N) is 2. The fourth-order valence-electron chi connectivity index (χ4n) is 2.10. The highest BCUT2D eigenvalue weighted by molar-refractivity contribution is 6.21. The van der Waals surface area contributed by atoms with Gasteiger partial charge in [0.05, 0.1) is 29.6 Å². The monoisotopic (exact) mass is 272 g/mol. The molecule has 0 bridgehead atoms. The molecule has 0 spiro atoms. The number of fused-ring (bicyclic) bond motifs is 1. The van der Waals surface area contributed by atoms with E-state index in [0.29, 0.717) is 11.1 Å². The number of aromatic hydroxyl groups is 1. The van der Waals surface area contributed by atoms with Gasteiger partial charge in [-0.1, -0.05) is 12.1 Å². The van der Waals surface area contributed by atoms with E-state index in [1.54, 1.807) is 24.3 Å². The van der Waals surface area contributed by atoms with E-state index < -0.39 is 23.4 Å². The van der Waals surface area contributed by atoms with E-state index in [4.69, 9.17) is 0 Å². The van der Waals surface area contributed by atoms with Gasteiger partial charge in [0.1, 0.15) is 0 Å². The molecule has 1 aromatic carbocycles. The average molecular weight is 272 g/mol. The van der Waals surface area contributed by atoms with Crippen LogP contribution in [-0.2, 0) is 6.54 Å². The Labute approximate surface area is 113 Å². The zero-order chi connectivity index (χ0) is 14.3. The predicted molar refractivity (Wildman–Crippen MR) is 66.5 cm³/mol. The van der Waals surface area contributed by atoms with Gasteiger partial charge in [0.15, 0.2) is 11.6 Å². The quantitative estimate of drug-likeness (QED) is 0.845. The van der Waals surface area contributed by atoms with Crippen molar-refractivity contribution >= 4 is 11.8 Å². The molecular weight excluding hydrogens is 263 g/mol. The molecule has 1 aromatic heterocycles. The first-order valence-corrected chi connectivity index (χ1v) is 5.86. The SMILES string of the molecule is O=C1c2ccccc2C(=O)N1Cc1cc(O)c(F)cn1. The number of carbonyl (C=O) groups excluding carboxylic acids is 2. The van der Waals surface area contributed by atoms with Crippen molar-refractivity contribution in [2.45, 2.75) is 6.54 Å². The molecular formula is C14H9FN2O3. The molecule has 20 heavy (non-hydrogen) atoms. The number of hydrogen-bond acceptors (Lipinski definition) is 4. The van der Waals surface area contributed by atoms with Gasteiger partial charge < -0.3 is 5.11 Å². The van der Waals surface area contributed by atoms with Crippen molar-refractivity contribution in [2.24, 2.45) is 0 Å². The molecule has 100 valence electrons. The molecule has 2 heterocycles. The molecule has 0 saturated carbocycles. The van der Waals surface area contributed by atoms with Gasteiger partial charge in [-0.25, -0.2) is 4.39 Å². The Morgan fingerprint density at radius 3 is 2.30 bits per heavy atom. The zero-order valence-electron chi connectivity index (χ0n) is 10.2. The molecule has 1 N–H and O–H groups in total. The molecule has 0 atom stereocenters. The van der Waals surface area contributed by atoms with E-state index in [0.717, 1.165) is 17.2 Å². The largest absolute Gasteiger partial charge is 0.505 e. The van der Waals surface area contributed by atoms with Crippen LogP contribution in [0.15, 0.2) is 36.5 Å². The standard InChI is InChI=1S/C14H9FN2O3/c15-11-6-16-8(5-12(11)18)7-17-13(19)9-3-1-2-4-10(9)14(17)20/h1-6H,7H2,(H,16,18). The van der Waals surface area contributed by atoms with E-state index >= 15 is 0 Å². The Kier molecular flexibility index (Phi) is 2.71. The van der Waals surface area contributed by atoms with E-state index in [9.17, 15) is 19.1 Å². The second-order valence-corrected chi connectivity index (χ2v) is 4.37. The van der Waals surface area contributed by atoms with Crippen LogP contribution < -0.4 is 0 Å². The smallest absolute Gasteiger partial charge is 0.261 e. The lowest BCUT2D eigenvalue weighted by molar-refractivity contribution is 0.0640. The Balaban J connectivity index is 1.91. The molecule has 0 aliphatic carbocycles. The van der Waals surface area contributed by atoms with Crippen LogP contribution in [0.4, 0.5) is 4.39 Å². The molecule has 2 aromatic rings. The average Bonchev–Trinajstić information content (AvgIpc) is 2.69. The lowest BCUT2D eigenvalue weighted by atomic mass is 10.1. The molecule has 0 saturated heterocycles. The first kappa shape index (κ1) is 12.3. The summed E-state index contributed by atoms with van der Waals surface area (Å²) in [6.07, 6.45) is 0.850. The molecule has 0 radical (unpaired) electrons. The van der Waals surface area contributed by atoms with Crippen LogP contribution in [-0.4, -0.2) is 26.8 Å². The second-order valence-electron chi connectivity index (χ2n) is 4.37. The van der Waals surface area contributed by atoms with Crippen molar-refractivity contribution in [1.29, 1.82) is 0 Å². The van der Waals surface area contributed by atoms with Crippen LogP contribution in [0.1, 0.15) is 26.4 Å². The molecule has 1 aliphatic heterocycles. The second kappa shape index (κ2) is 4.41. The molecule has 3 rings (SSSR count). The normalized spacial score (nSPS) is 13.8. The van der Waals surface area contributed by atoms with Gasteiger partial charge in [-0.15, -0.1) is 0 Å². The third kappa shape index (κ3) is 1.82. The molecule has 0 fully saturated rings. The third-order valence-corrected chi connectivity index (χ3v) is 3.09. The van der Waals surface area contributed by atoms with Gasteiger partial charge in [-0.2, -0.15) is 0 Å². The summed E-state index contributed by atoms with van der Waals surface area (Å²) in [6.45, 7) is -0.111. The van der Waals surface area contributed by atoms with E-state index in [-0.39, 0.29) is 12.2 Å². The molecule has 5 nitrogen and oxygen atoms in total. The number of aromatic nitrogens is 1. The molecule has 0 unspecified atom stereocenters. The van der Waals surface area contributed by atoms with Gasteiger partial charge in [0.2, 0.25) is 0 Å². The minimum atomic E-state index is -0.851. The maximum Gasteiger partial charge on any atom is 0.261 e. The molecule has 1 aliphatic rings. The third-order valence-electron chi connectivity index (χ3n) is 3.09. The number of carbonyl (C=O) groups is 2. The topological polar surface area (TPSA) is 70.5 Å². The van der Waals surface area contributed by atoms with Gasteiger partial charge >= 0.3 is 0 Å². The van der Waals surface area contributed by atoms with Crippen molar-refractivity contribution in [3.63, 3.8) is 0 Å². The fourth-order valence-corrected chi connectivity index (χ4v) is 2.10. The first-order valence-electron chi connectivity index (χ1n) is 5.86. The summed E-state index contributed by atoms with van der Waals surface area (Å²) in [5.41, 5.74) is 0.908. The van der Waals surface area contributed by atoms with Crippen molar-refractivity contribution in [2.75, 3.05) is 0 Å². The Hall–Kier alpha value is -2.76. The van der Waals surface area contributed by atoms with Gasteiger partial charge in [0, 0.05) is 6.07 Å². The van der Waals surface area contributed by atoms with Gasteiger partial charge in [-0.3, -0.25) is 19.5 Å². The Morgan fingerprint density at radius 1 is 1.15 bits per heavy atom. The van der Waals surface area contributed by atoms with Crippen LogP contribution in [0, 0.1) is 5.82 Å². The van der Waals surface area contributed by atoms with Crippen LogP contribution in [0.25, 0.3) is 0 Å². The minimum absolute atomic E-state index is 0.111. The Morgan fingerprint density at radius 2 is 1.75 bits per heavy atom. The highest BCUT2D eigenvalue weighted by Gasteiger charge is 2.35. The zero-order valence-corrected chi connectivity index (χ0v) is 10.2. The van der Waals surface area contributed by atoms with Crippen LogP contribution in [0.3, 0.4) is 0 Å². The van der Waals surface area contributed by atoms with Crippen molar-refractivity contribution in [3.8, 4) is 5.75 Å². The summed E-state index contributed by atoms with van der Waals surface area (Å²) in [6, 6.07) is 7.60. The minimum Gasteiger partial charge on any atom is -0.505 e. The fraction of sp³-hybridized carbons (Fsp3) is 0.0714. The highest BCUT2D eigenvalue weighted by Crippen LogP contribution is 2.24. The van der Waals surface area contributed by atoms with Gasteiger partial charge in [-0.05, 0) is 12.1 Å². The Bertz CT molecular complexity index is 695. The number of benzene rings is 1. The molecule has 2 amide bonds. The molecule has 6 heteroatoms. The van der Waals surface area contributed by atoms with Crippen LogP contribution >= 0.6 is 0 Å².